The molecule has 6 aromatic rings. The summed E-state index contributed by atoms with van der Waals surface area (Å²) in [6.07, 6.45) is 0.974. The molecule has 452 valence electrons. The normalized spacial score (nSPS) is 17.8. The van der Waals surface area contributed by atoms with E-state index in [1.54, 1.807) is 30.6 Å². The average molecular weight is 1260 g/mol. The predicted octanol–water partition coefficient (Wildman–Crippen LogP) is 11.1. The van der Waals surface area contributed by atoms with Crippen LogP contribution in [0.25, 0.3) is 44.1 Å². The third-order valence-electron chi connectivity index (χ3n) is 12.6. The van der Waals surface area contributed by atoms with Crippen LogP contribution in [0.1, 0.15) is 69.2 Å². The number of anilines is 3. The van der Waals surface area contributed by atoms with E-state index < -0.39 is 66.7 Å². The van der Waals surface area contributed by atoms with Gasteiger partial charge in [0, 0.05) is 72.2 Å². The van der Waals surface area contributed by atoms with Gasteiger partial charge in [0.05, 0.1) is 47.9 Å². The first-order valence-electron chi connectivity index (χ1n) is 25.5. The number of piperazine rings is 2. The van der Waals surface area contributed by atoms with Gasteiger partial charge in [0.25, 0.3) is 0 Å². The molecule has 29 heteroatoms. The molecule has 0 radical (unpaired) electrons. The van der Waals surface area contributed by atoms with Crippen LogP contribution in [0.3, 0.4) is 0 Å². The van der Waals surface area contributed by atoms with Crippen LogP contribution in [0.5, 0.6) is 11.5 Å². The molecule has 2 aliphatic heterocycles. The van der Waals surface area contributed by atoms with Crippen molar-refractivity contribution in [3.8, 4) is 33.8 Å². The van der Waals surface area contributed by atoms with E-state index in [1.165, 1.54) is 56.7 Å². The molecule has 4 aromatic carbocycles. The number of fused-ring (bicyclic) bond motifs is 2. The van der Waals surface area contributed by atoms with Crippen LogP contribution in [0.2, 0.25) is 15.3 Å². The first-order chi connectivity index (χ1) is 38.3. The van der Waals surface area contributed by atoms with Gasteiger partial charge in [-0.1, -0.05) is 35.3 Å². The summed E-state index contributed by atoms with van der Waals surface area (Å²) in [4.78, 5) is 49.7. The zero-order valence-electron chi connectivity index (χ0n) is 48.0. The predicted molar refractivity (Wildman–Crippen MR) is 314 cm³/mol. The molecule has 20 nitrogen and oxygen atoms in total. The summed E-state index contributed by atoms with van der Waals surface area (Å²) in [7, 11) is -4.33. The monoisotopic (exact) mass is 1260 g/mol. The molecule has 4 heterocycles. The summed E-state index contributed by atoms with van der Waals surface area (Å²) in [5, 5.41) is 4.48. The van der Waals surface area contributed by atoms with Gasteiger partial charge in [0.1, 0.15) is 57.0 Å². The molecule has 2 fully saturated rings. The van der Waals surface area contributed by atoms with E-state index in [0.717, 1.165) is 18.6 Å². The molecule has 2 amide bonds. The Kier molecular flexibility index (Phi) is 20.1. The number of hydrogen-bond donors (Lipinski definition) is 2. The fourth-order valence-corrected chi connectivity index (χ4v) is 10.4. The second-order valence-corrected chi connectivity index (χ2v) is 26.4. The Morgan fingerprint density at radius 1 is 0.602 bits per heavy atom. The third-order valence-corrected chi connectivity index (χ3v) is 14.0. The fourth-order valence-electron chi connectivity index (χ4n) is 9.27. The molecular weight excluding hydrogens is 1200 g/mol. The van der Waals surface area contributed by atoms with Gasteiger partial charge in [-0.25, -0.2) is 59.1 Å². The number of primary sulfonamides is 1. The number of amides is 2. The Morgan fingerprint density at radius 3 is 1.34 bits per heavy atom. The van der Waals surface area contributed by atoms with Crippen molar-refractivity contribution < 1.29 is 62.9 Å². The summed E-state index contributed by atoms with van der Waals surface area (Å²) >= 11 is 19.4. The van der Waals surface area contributed by atoms with E-state index in [4.69, 9.17) is 53.8 Å². The lowest BCUT2D eigenvalue weighted by Gasteiger charge is -2.45. The topological polar surface area (TPSA) is 242 Å². The Balaban J connectivity index is 0.000000247. The van der Waals surface area contributed by atoms with Crippen molar-refractivity contribution in [2.75, 3.05) is 67.4 Å². The Bertz CT molecular complexity index is 3690. The summed E-state index contributed by atoms with van der Waals surface area (Å²) in [6.45, 7) is 19.5. The Labute approximate surface area is 494 Å². The lowest BCUT2D eigenvalue weighted by molar-refractivity contribution is 0.0120. The van der Waals surface area contributed by atoms with Crippen LogP contribution < -0.4 is 29.1 Å². The minimum atomic E-state index is -3.85. The number of halogens is 7. The highest BCUT2D eigenvalue weighted by Gasteiger charge is 2.39. The highest BCUT2D eigenvalue weighted by atomic mass is 35.5. The van der Waals surface area contributed by atoms with Gasteiger partial charge >= 0.3 is 12.2 Å². The number of rotatable bonds is 8. The molecular formula is C54H65Cl3F4N10O10S2. The maximum atomic E-state index is 16.3. The van der Waals surface area contributed by atoms with Crippen LogP contribution >= 0.6 is 34.8 Å². The number of benzene rings is 4. The summed E-state index contributed by atoms with van der Waals surface area (Å²) in [6, 6.07) is 9.97. The van der Waals surface area contributed by atoms with E-state index in [9.17, 15) is 35.2 Å². The molecule has 3 N–H and O–H groups in total. The number of carbonyl (C=O) groups excluding carboxylic acids is 2. The van der Waals surface area contributed by atoms with Gasteiger partial charge in [-0.15, -0.1) is 0 Å². The number of nitrogens with two attached hydrogens (primary N) is 1. The number of hydrogen-bond acceptors (Lipinski definition) is 16. The van der Waals surface area contributed by atoms with E-state index in [1.807, 2.05) is 58.3 Å². The summed E-state index contributed by atoms with van der Waals surface area (Å²) in [5.74, 6) is -2.93. The average Bonchev–Trinajstić information content (AvgIpc) is 2.81. The second kappa shape index (κ2) is 25.4. The van der Waals surface area contributed by atoms with Gasteiger partial charge in [0.2, 0.25) is 31.3 Å². The van der Waals surface area contributed by atoms with Gasteiger partial charge in [-0.05, 0) is 117 Å². The standard InChI is InChI=1S/C27H32ClF2N5O5S.C26H28Cl2F2N4O3.CH5NO2S/c1-14-13-35(26(36)40-27(3,4)5)15(2)12-34(14)24-16-11-17(28)20(21-18(29)9-8-10-19(21)39-6)22(30)23(16)31-25(32-24)33-41(7,37)38;1-13-12-34(25(35)37-26(3,4)5)14(2)11-33(13)23-15-10-16(27)19(21(30)22(15)31-24(28)32-23)20-17(29)8-7-9-18(20)36-6;1-5(2,3)4/h8-11,14-15H,12-13H2,1-7H3,(H,31,32,33);7-10,13-14H,11-12H2,1-6H3;1H3,(H2,2,3,4)/t14-,15+;13-,14+;/m00./s1. The number of carbonyl (C=O) groups is 2. The largest absolute Gasteiger partial charge is 0.496 e. The summed E-state index contributed by atoms with van der Waals surface area (Å²) in [5.41, 5.74) is -2.47. The minimum absolute atomic E-state index is 0.0336. The quantitative estimate of drug-likeness (QED) is 0.106. The molecule has 0 unspecified atom stereocenters. The molecule has 0 spiro atoms. The summed E-state index contributed by atoms with van der Waals surface area (Å²) < 4.78 is 129. The number of sulfonamides is 2. The van der Waals surface area contributed by atoms with Gasteiger partial charge in [-0.3, -0.25) is 4.72 Å². The highest BCUT2D eigenvalue weighted by molar-refractivity contribution is 7.92. The number of methoxy groups -OCH3 is 2. The Hall–Kier alpha value is -6.45. The van der Waals surface area contributed by atoms with Crippen molar-refractivity contribution in [1.29, 1.82) is 0 Å². The molecule has 0 saturated carbocycles. The zero-order chi connectivity index (χ0) is 62.2. The van der Waals surface area contributed by atoms with E-state index in [0.29, 0.717) is 24.3 Å². The van der Waals surface area contributed by atoms with E-state index >= 15 is 8.78 Å². The lowest BCUT2D eigenvalue weighted by Crippen LogP contribution is -2.59. The first-order valence-corrected chi connectivity index (χ1v) is 30.5. The van der Waals surface area contributed by atoms with Crippen molar-refractivity contribution in [1.82, 2.24) is 29.7 Å². The molecule has 0 aliphatic carbocycles. The van der Waals surface area contributed by atoms with Crippen LogP contribution in [-0.2, 0) is 29.5 Å². The second-order valence-electron chi connectivity index (χ2n) is 21.9. The maximum Gasteiger partial charge on any atom is 0.410 e. The number of ether oxygens (including phenoxy) is 4. The lowest BCUT2D eigenvalue weighted by atomic mass is 10.00. The fraction of sp³-hybridized carbons (Fsp3) is 0.444. The van der Waals surface area contributed by atoms with Crippen molar-refractivity contribution >= 4 is 106 Å². The maximum absolute atomic E-state index is 16.3. The molecule has 2 aliphatic rings. The third kappa shape index (κ3) is 15.9. The molecule has 2 saturated heterocycles. The van der Waals surface area contributed by atoms with E-state index in [-0.39, 0.29) is 115 Å². The van der Waals surface area contributed by atoms with Gasteiger partial charge < -0.3 is 38.5 Å². The smallest absolute Gasteiger partial charge is 0.410 e. The SMILES string of the molecule is COc1cccc(F)c1-c1c(Cl)cc2c(N3C[C@@H](C)N(C(=O)OC(C)(C)C)C[C@@H]3C)nc(Cl)nc2c1F.COc1cccc(F)c1-c1c(Cl)cc2c(N3C[C@@H](C)N(C(=O)OC(C)(C)C)C[C@@H]3C)nc(NS(C)(=O)=O)nc2c1F.CS(N)(=O)=O. The van der Waals surface area contributed by atoms with E-state index in [2.05, 4.69) is 29.8 Å². The van der Waals surface area contributed by atoms with Crippen LogP contribution in [0, 0.1) is 23.3 Å². The molecule has 2 aromatic heterocycles. The molecule has 4 atom stereocenters. The first kappa shape index (κ1) is 65.7. The molecule has 0 bridgehead atoms. The van der Waals surface area contributed by atoms with Gasteiger partial charge in [0.15, 0.2) is 11.6 Å². The van der Waals surface area contributed by atoms with Gasteiger partial charge in [-0.2, -0.15) is 9.97 Å². The number of nitrogens with one attached hydrogen (secondary N) is 1. The minimum Gasteiger partial charge on any atom is -0.496 e. The Morgan fingerprint density at radius 2 is 0.976 bits per heavy atom. The van der Waals surface area contributed by atoms with Crippen LogP contribution in [-0.4, -0.2) is 147 Å². The highest BCUT2D eigenvalue weighted by Crippen LogP contribution is 2.45. The van der Waals surface area contributed by atoms with Crippen molar-refractivity contribution in [2.24, 2.45) is 5.14 Å². The molecule has 83 heavy (non-hydrogen) atoms. The number of nitrogens with zero attached hydrogens (tertiary/aromatic N) is 8. The van der Waals surface area contributed by atoms with Crippen LogP contribution in [0.4, 0.5) is 44.7 Å². The molecule has 8 rings (SSSR count). The van der Waals surface area contributed by atoms with Crippen molar-refractivity contribution in [3.63, 3.8) is 0 Å². The van der Waals surface area contributed by atoms with Crippen molar-refractivity contribution in [2.45, 2.75) is 105 Å². The van der Waals surface area contributed by atoms with Crippen molar-refractivity contribution in [3.05, 3.63) is 87.1 Å². The number of aromatic nitrogens is 4. The zero-order valence-corrected chi connectivity index (χ0v) is 51.9. The van der Waals surface area contributed by atoms with Crippen LogP contribution in [0.15, 0.2) is 48.5 Å².